The summed E-state index contributed by atoms with van der Waals surface area (Å²) in [5.41, 5.74) is 1.42. The third kappa shape index (κ3) is 2.01. The lowest BCUT2D eigenvalue weighted by Crippen LogP contribution is -2.33. The molecule has 0 spiro atoms. The minimum Gasteiger partial charge on any atom is -0.594 e. The van der Waals surface area contributed by atoms with Crippen molar-refractivity contribution >= 4 is 16.7 Å². The molecule has 1 heterocycles. The number of aromatic nitrogens is 3. The van der Waals surface area contributed by atoms with Crippen LogP contribution in [0.25, 0.3) is 22.4 Å². The molecule has 0 bridgehead atoms. The Morgan fingerprint density at radius 1 is 1.05 bits per heavy atom. The van der Waals surface area contributed by atoms with Crippen LogP contribution < -0.4 is 4.85 Å². The molecule has 98 valence electrons. The van der Waals surface area contributed by atoms with Crippen LogP contribution in [0.1, 0.15) is 0 Å². The molecule has 0 saturated heterocycles. The fourth-order valence-electron chi connectivity index (χ4n) is 1.85. The molecule has 20 heavy (non-hydrogen) atoms. The molecule has 3 aromatic rings. The van der Waals surface area contributed by atoms with Crippen LogP contribution in [0.2, 0.25) is 0 Å². The first-order valence-electron chi connectivity index (χ1n) is 5.76. The quantitative estimate of drug-likeness (QED) is 0.306. The van der Waals surface area contributed by atoms with Gasteiger partial charge in [-0.05, 0) is 23.0 Å². The van der Waals surface area contributed by atoms with Gasteiger partial charge in [0.15, 0.2) is 0 Å². The van der Waals surface area contributed by atoms with E-state index in [-0.39, 0.29) is 11.5 Å². The zero-order valence-corrected chi connectivity index (χ0v) is 10.1. The number of para-hydroxylation sites is 2. The maximum atomic E-state index is 11.8. The van der Waals surface area contributed by atoms with Crippen molar-refractivity contribution in [1.82, 2.24) is 10.1 Å². The summed E-state index contributed by atoms with van der Waals surface area (Å²) in [7, 11) is 0. The fourth-order valence-corrected chi connectivity index (χ4v) is 1.85. The highest BCUT2D eigenvalue weighted by Crippen LogP contribution is 2.19. The number of rotatable bonds is 2. The maximum Gasteiger partial charge on any atom is 0.270 e. The highest BCUT2D eigenvalue weighted by Gasteiger charge is 2.13. The molecule has 0 aliphatic carbocycles. The molecule has 0 radical (unpaired) electrons. The van der Waals surface area contributed by atoms with Crippen molar-refractivity contribution in [3.05, 3.63) is 63.9 Å². The van der Waals surface area contributed by atoms with Gasteiger partial charge in [0.05, 0.1) is 4.92 Å². The average Bonchev–Trinajstić information content (AvgIpc) is 2.47. The summed E-state index contributed by atoms with van der Waals surface area (Å²) in [5.74, 6) is 0.230. The van der Waals surface area contributed by atoms with Crippen LogP contribution in [0.3, 0.4) is 0 Å². The molecule has 0 aliphatic heterocycles. The zero-order chi connectivity index (χ0) is 14.1. The molecule has 0 saturated carbocycles. The Hall–Kier alpha value is -3.09. The lowest BCUT2D eigenvalue weighted by atomic mass is 10.2. The Morgan fingerprint density at radius 2 is 1.75 bits per heavy atom. The van der Waals surface area contributed by atoms with Crippen molar-refractivity contribution in [3.8, 4) is 11.4 Å². The number of non-ortho nitro benzene ring substituents is 1. The summed E-state index contributed by atoms with van der Waals surface area (Å²) in [6.45, 7) is 0. The van der Waals surface area contributed by atoms with Crippen LogP contribution in [0.15, 0.2) is 48.5 Å². The van der Waals surface area contributed by atoms with Gasteiger partial charge in [0, 0.05) is 28.9 Å². The molecule has 0 aliphatic rings. The number of hydrogen-bond acceptors (Lipinski definition) is 5. The SMILES string of the molecule is O=[N+]([O-])c1ccc(-c2nc3ccccc3[n+]([O-])n2)cc1. The first-order valence-corrected chi connectivity index (χ1v) is 5.76. The van der Waals surface area contributed by atoms with Gasteiger partial charge in [-0.3, -0.25) is 10.1 Å². The maximum absolute atomic E-state index is 11.8. The van der Waals surface area contributed by atoms with E-state index >= 15 is 0 Å². The Bertz CT molecular complexity index is 802. The molecule has 1 aromatic heterocycles. The standard InChI is InChI=1S/C13H8N4O3/c18-16-12-4-2-1-3-11(12)14-13(15-16)9-5-7-10(8-6-9)17(19)20/h1-8H. The summed E-state index contributed by atoms with van der Waals surface area (Å²) in [4.78, 5) is 14.9. The second-order valence-corrected chi connectivity index (χ2v) is 4.10. The largest absolute Gasteiger partial charge is 0.594 e. The van der Waals surface area contributed by atoms with E-state index in [1.807, 2.05) is 0 Å². The molecular weight excluding hydrogens is 260 g/mol. The summed E-state index contributed by atoms with van der Waals surface area (Å²) in [6, 6.07) is 12.6. The Kier molecular flexibility index (Phi) is 2.72. The van der Waals surface area contributed by atoms with Gasteiger partial charge in [0.25, 0.3) is 11.2 Å². The van der Waals surface area contributed by atoms with Crippen LogP contribution in [0.4, 0.5) is 5.69 Å². The van der Waals surface area contributed by atoms with Crippen molar-refractivity contribution in [3.63, 3.8) is 0 Å². The number of nitro benzene ring substituents is 1. The lowest BCUT2D eigenvalue weighted by molar-refractivity contribution is -0.642. The molecule has 7 nitrogen and oxygen atoms in total. The third-order valence-electron chi connectivity index (χ3n) is 2.84. The van der Waals surface area contributed by atoms with Gasteiger partial charge in [-0.1, -0.05) is 12.1 Å². The van der Waals surface area contributed by atoms with Crippen molar-refractivity contribution in [2.45, 2.75) is 0 Å². The zero-order valence-electron chi connectivity index (χ0n) is 10.1. The predicted octanol–water partition coefficient (Wildman–Crippen LogP) is 1.84. The topological polar surface area (TPSA) is 95.9 Å². The number of fused-ring (bicyclic) bond motifs is 1. The van der Waals surface area contributed by atoms with E-state index in [1.54, 1.807) is 24.3 Å². The molecule has 0 fully saturated rings. The average molecular weight is 268 g/mol. The molecule has 0 unspecified atom stereocenters. The van der Waals surface area contributed by atoms with Crippen molar-refractivity contribution in [1.29, 1.82) is 0 Å². The smallest absolute Gasteiger partial charge is 0.270 e. The number of nitrogens with zero attached hydrogens (tertiary/aromatic N) is 4. The molecule has 7 heteroatoms. The second kappa shape index (κ2) is 4.54. The van der Waals surface area contributed by atoms with E-state index in [4.69, 9.17) is 0 Å². The summed E-state index contributed by atoms with van der Waals surface area (Å²) in [6.07, 6.45) is 0. The molecular formula is C13H8N4O3. The minimum atomic E-state index is -0.487. The van der Waals surface area contributed by atoms with E-state index < -0.39 is 4.92 Å². The van der Waals surface area contributed by atoms with Crippen LogP contribution in [-0.4, -0.2) is 15.0 Å². The highest BCUT2D eigenvalue weighted by atomic mass is 16.6. The van der Waals surface area contributed by atoms with Crippen molar-refractivity contribution < 1.29 is 9.77 Å². The first kappa shape index (κ1) is 12.0. The van der Waals surface area contributed by atoms with Crippen LogP contribution in [0, 0.1) is 15.3 Å². The molecule has 3 rings (SSSR count). The third-order valence-corrected chi connectivity index (χ3v) is 2.84. The van der Waals surface area contributed by atoms with Crippen LogP contribution in [-0.2, 0) is 0 Å². The summed E-state index contributed by atoms with van der Waals surface area (Å²) >= 11 is 0. The van der Waals surface area contributed by atoms with E-state index in [0.29, 0.717) is 21.4 Å². The monoisotopic (exact) mass is 268 g/mol. The normalized spacial score (nSPS) is 10.6. The number of benzene rings is 2. The van der Waals surface area contributed by atoms with Crippen molar-refractivity contribution in [2.75, 3.05) is 0 Å². The van der Waals surface area contributed by atoms with E-state index in [0.717, 1.165) is 0 Å². The van der Waals surface area contributed by atoms with Gasteiger partial charge in [0.1, 0.15) is 5.52 Å². The highest BCUT2D eigenvalue weighted by molar-refractivity contribution is 5.72. The summed E-state index contributed by atoms with van der Waals surface area (Å²) in [5, 5.41) is 26.2. The molecule has 0 N–H and O–H groups in total. The lowest BCUT2D eigenvalue weighted by Gasteiger charge is -2.02. The van der Waals surface area contributed by atoms with Gasteiger partial charge in [-0.25, -0.2) is 4.98 Å². The minimum absolute atomic E-state index is 0.0236. The molecule has 0 amide bonds. The first-order chi connectivity index (χ1) is 9.65. The van der Waals surface area contributed by atoms with Crippen molar-refractivity contribution in [2.24, 2.45) is 0 Å². The van der Waals surface area contributed by atoms with Gasteiger partial charge in [-0.2, -0.15) is 0 Å². The molecule has 2 aromatic carbocycles. The van der Waals surface area contributed by atoms with E-state index in [1.165, 1.54) is 24.3 Å². The Labute approximate surface area is 112 Å². The second-order valence-electron chi connectivity index (χ2n) is 4.10. The number of hydrogen-bond donors (Lipinski definition) is 0. The van der Waals surface area contributed by atoms with Gasteiger partial charge in [0.2, 0.25) is 5.82 Å². The number of nitro groups is 1. The van der Waals surface area contributed by atoms with Gasteiger partial charge >= 0.3 is 0 Å². The Morgan fingerprint density at radius 3 is 2.45 bits per heavy atom. The van der Waals surface area contributed by atoms with Gasteiger partial charge < -0.3 is 5.21 Å². The van der Waals surface area contributed by atoms with E-state index in [9.17, 15) is 15.3 Å². The van der Waals surface area contributed by atoms with E-state index in [2.05, 4.69) is 10.1 Å². The fraction of sp³-hybridized carbons (Fsp3) is 0. The van der Waals surface area contributed by atoms with Crippen LogP contribution >= 0.6 is 0 Å². The Balaban J connectivity index is 2.12. The summed E-state index contributed by atoms with van der Waals surface area (Å²) < 4.78 is 0. The predicted molar refractivity (Wildman–Crippen MR) is 70.6 cm³/mol. The molecule has 0 atom stereocenters. The van der Waals surface area contributed by atoms with Crippen LogP contribution in [0.5, 0.6) is 0 Å². The van der Waals surface area contributed by atoms with Gasteiger partial charge in [-0.15, -0.1) is 0 Å².